The van der Waals surface area contributed by atoms with Gasteiger partial charge in [-0.3, -0.25) is 14.4 Å². The summed E-state index contributed by atoms with van der Waals surface area (Å²) >= 11 is 0. The number of carbonyl (C=O) groups is 3. The van der Waals surface area contributed by atoms with Crippen LogP contribution < -0.4 is 4.90 Å². The molecule has 0 unspecified atom stereocenters. The number of aliphatic hydroxyl groups is 1. The minimum atomic E-state index is -3.73. The second-order valence-electron chi connectivity index (χ2n) is 11.3. The quantitative estimate of drug-likeness (QED) is 0.283. The van der Waals surface area contributed by atoms with Crippen LogP contribution in [0.2, 0.25) is 0 Å². The van der Waals surface area contributed by atoms with Gasteiger partial charge < -0.3 is 19.8 Å². The third kappa shape index (κ3) is 4.73. The summed E-state index contributed by atoms with van der Waals surface area (Å²) in [4.78, 5) is 46.5. The molecule has 3 heterocycles. The number of aliphatic hydroxyl groups excluding tert-OH is 1. The molecule has 5 rings (SSSR count). The molecule has 1 spiro atoms. The summed E-state index contributed by atoms with van der Waals surface area (Å²) in [6.07, 6.45) is 4.09. The molecule has 0 radical (unpaired) electrons. The molecule has 0 aliphatic carbocycles. The Morgan fingerprint density at radius 2 is 1.60 bits per heavy atom. The van der Waals surface area contributed by atoms with Crippen molar-refractivity contribution in [2.75, 3.05) is 51.7 Å². The van der Waals surface area contributed by atoms with E-state index in [1.165, 1.54) is 38.4 Å². The average Bonchev–Trinajstić information content (AvgIpc) is 3.18. The van der Waals surface area contributed by atoms with Crippen LogP contribution in [-0.2, 0) is 29.9 Å². The zero-order valence-electron chi connectivity index (χ0n) is 24.4. The SMILES string of the molecule is CCN1C(=O)[C@]2(C(=C(O)c3ccc(S(=O)(=O)N4CCCCCC4)cc3)C(=O)C(=O)N2CCCN(C)C)c2ccccc21. The number of nitrogens with zero attached hydrogens (tertiary/aromatic N) is 4. The van der Waals surface area contributed by atoms with Crippen LogP contribution in [0.5, 0.6) is 0 Å². The highest BCUT2D eigenvalue weighted by atomic mass is 32.2. The van der Waals surface area contributed by atoms with Gasteiger partial charge in [-0.1, -0.05) is 31.0 Å². The van der Waals surface area contributed by atoms with E-state index in [2.05, 4.69) is 0 Å². The van der Waals surface area contributed by atoms with Crippen molar-refractivity contribution in [3.63, 3.8) is 0 Å². The van der Waals surface area contributed by atoms with Gasteiger partial charge in [-0.15, -0.1) is 0 Å². The summed E-state index contributed by atoms with van der Waals surface area (Å²) < 4.78 is 28.1. The highest BCUT2D eigenvalue weighted by Crippen LogP contribution is 2.53. The number of carbonyl (C=O) groups excluding carboxylic acids is 3. The lowest BCUT2D eigenvalue weighted by molar-refractivity contribution is -0.143. The molecule has 2 aromatic carbocycles. The van der Waals surface area contributed by atoms with Gasteiger partial charge in [-0.2, -0.15) is 4.31 Å². The zero-order valence-corrected chi connectivity index (χ0v) is 25.2. The third-order valence-electron chi connectivity index (χ3n) is 8.44. The molecule has 3 aliphatic heterocycles. The molecule has 1 N–H and O–H groups in total. The molecule has 2 aromatic rings. The van der Waals surface area contributed by atoms with E-state index >= 15 is 0 Å². The molecule has 0 bridgehead atoms. The average molecular weight is 595 g/mol. The van der Waals surface area contributed by atoms with Gasteiger partial charge in [0.15, 0.2) is 5.54 Å². The lowest BCUT2D eigenvalue weighted by Crippen LogP contribution is -2.52. The predicted molar refractivity (Wildman–Crippen MR) is 159 cm³/mol. The number of sulfonamides is 1. The van der Waals surface area contributed by atoms with Crippen molar-refractivity contribution >= 4 is 39.1 Å². The number of anilines is 1. The number of hydrogen-bond donors (Lipinski definition) is 1. The summed E-state index contributed by atoms with van der Waals surface area (Å²) in [6.45, 7) is 3.79. The van der Waals surface area contributed by atoms with E-state index in [1.807, 2.05) is 25.9 Å². The van der Waals surface area contributed by atoms with Gasteiger partial charge in [0.2, 0.25) is 10.0 Å². The lowest BCUT2D eigenvalue weighted by atomic mass is 9.82. The smallest absolute Gasteiger partial charge is 0.296 e. The Hall–Kier alpha value is -3.54. The fourth-order valence-electron chi connectivity index (χ4n) is 6.39. The highest BCUT2D eigenvalue weighted by molar-refractivity contribution is 7.89. The molecule has 10 nitrogen and oxygen atoms in total. The predicted octanol–water partition coefficient (Wildman–Crippen LogP) is 3.15. The van der Waals surface area contributed by atoms with E-state index in [1.54, 1.807) is 24.3 Å². The first-order valence-corrected chi connectivity index (χ1v) is 16.0. The Balaban J connectivity index is 1.63. The highest BCUT2D eigenvalue weighted by Gasteiger charge is 2.66. The van der Waals surface area contributed by atoms with E-state index in [0.717, 1.165) is 25.7 Å². The molecule has 2 fully saturated rings. The molecular weight excluding hydrogens is 556 g/mol. The molecular formula is C31H38N4O6S. The second-order valence-corrected chi connectivity index (χ2v) is 13.2. The normalized spacial score (nSPS) is 22.8. The number of Topliss-reactive ketones (excluding diaryl/α,β-unsaturated/α-hetero) is 1. The van der Waals surface area contributed by atoms with Crippen molar-refractivity contribution in [1.82, 2.24) is 14.1 Å². The first-order chi connectivity index (χ1) is 20.1. The molecule has 0 aromatic heterocycles. The summed E-state index contributed by atoms with van der Waals surface area (Å²) in [5.41, 5.74) is -0.935. The van der Waals surface area contributed by atoms with Crippen LogP contribution in [0.25, 0.3) is 5.76 Å². The summed E-state index contributed by atoms with van der Waals surface area (Å²) in [5.74, 6) is -2.78. The van der Waals surface area contributed by atoms with Crippen LogP contribution in [0, 0.1) is 0 Å². The Morgan fingerprint density at radius 1 is 0.952 bits per heavy atom. The molecule has 42 heavy (non-hydrogen) atoms. The topological polar surface area (TPSA) is 119 Å². The molecule has 2 saturated heterocycles. The molecule has 0 saturated carbocycles. The first-order valence-electron chi connectivity index (χ1n) is 14.5. The fourth-order valence-corrected chi connectivity index (χ4v) is 7.90. The number of ketones is 1. The van der Waals surface area contributed by atoms with Gasteiger partial charge in [0.1, 0.15) is 5.76 Å². The van der Waals surface area contributed by atoms with Gasteiger partial charge in [-0.05, 0) is 77.2 Å². The number of amides is 2. The Kier molecular flexibility index (Phi) is 8.28. The Morgan fingerprint density at radius 3 is 2.21 bits per heavy atom. The third-order valence-corrected chi connectivity index (χ3v) is 10.4. The summed E-state index contributed by atoms with van der Waals surface area (Å²) in [7, 11) is 0.0639. The number of benzene rings is 2. The maximum absolute atomic E-state index is 14.3. The summed E-state index contributed by atoms with van der Waals surface area (Å²) in [6, 6.07) is 12.7. The van der Waals surface area contributed by atoms with Gasteiger partial charge in [0.05, 0.1) is 16.2 Å². The van der Waals surface area contributed by atoms with Crippen molar-refractivity contribution in [2.24, 2.45) is 0 Å². The number of para-hydroxylation sites is 1. The molecule has 2 amide bonds. The maximum Gasteiger partial charge on any atom is 0.296 e. The number of likely N-dealkylation sites (tertiary alicyclic amines) is 1. The Bertz CT molecular complexity index is 1530. The lowest BCUT2D eigenvalue weighted by Gasteiger charge is -2.34. The largest absolute Gasteiger partial charge is 0.507 e. The van der Waals surface area contributed by atoms with Crippen LogP contribution in [-0.4, -0.2) is 92.0 Å². The van der Waals surface area contributed by atoms with Crippen LogP contribution in [0.3, 0.4) is 0 Å². The number of likely N-dealkylation sites (N-methyl/N-ethyl adjacent to an activating group) is 1. The minimum Gasteiger partial charge on any atom is -0.507 e. The van der Waals surface area contributed by atoms with Crippen molar-refractivity contribution < 1.29 is 27.9 Å². The Labute approximate surface area is 247 Å². The monoisotopic (exact) mass is 594 g/mol. The summed E-state index contributed by atoms with van der Waals surface area (Å²) in [5, 5.41) is 11.7. The van der Waals surface area contributed by atoms with E-state index in [9.17, 15) is 27.9 Å². The number of hydrogen-bond acceptors (Lipinski definition) is 7. The fraction of sp³-hybridized carbons (Fsp3) is 0.452. The second kappa shape index (κ2) is 11.6. The minimum absolute atomic E-state index is 0.0826. The van der Waals surface area contributed by atoms with E-state index in [-0.39, 0.29) is 22.6 Å². The van der Waals surface area contributed by atoms with Crippen LogP contribution in [0.15, 0.2) is 59.0 Å². The molecule has 11 heteroatoms. The standard InChI is InChI=1S/C31H38N4O6S/c1-4-34-25-13-8-7-12-24(25)31(30(34)39)26(28(37)29(38)35(31)21-11-18-32(2)3)27(36)22-14-16-23(17-15-22)42(40,41)33-19-9-5-6-10-20-33/h7-8,12-17,36H,4-6,9-11,18-21H2,1-3H3/t31-/m1/s1. The van der Waals surface area contributed by atoms with Crippen molar-refractivity contribution in [3.8, 4) is 0 Å². The number of rotatable bonds is 8. The molecule has 224 valence electrons. The van der Waals surface area contributed by atoms with Crippen LogP contribution >= 0.6 is 0 Å². The van der Waals surface area contributed by atoms with Crippen molar-refractivity contribution in [2.45, 2.75) is 49.5 Å². The van der Waals surface area contributed by atoms with Gasteiger partial charge in [0, 0.05) is 37.3 Å². The van der Waals surface area contributed by atoms with E-state index in [4.69, 9.17) is 0 Å². The molecule has 3 aliphatic rings. The van der Waals surface area contributed by atoms with E-state index < -0.39 is 38.9 Å². The zero-order chi connectivity index (χ0) is 30.2. The van der Waals surface area contributed by atoms with Gasteiger partial charge in [0.25, 0.3) is 17.6 Å². The van der Waals surface area contributed by atoms with Crippen molar-refractivity contribution in [3.05, 3.63) is 65.2 Å². The van der Waals surface area contributed by atoms with E-state index in [0.29, 0.717) is 43.9 Å². The van der Waals surface area contributed by atoms with Gasteiger partial charge in [-0.25, -0.2) is 8.42 Å². The maximum atomic E-state index is 14.3. The number of fused-ring (bicyclic) bond motifs is 2. The van der Waals surface area contributed by atoms with Crippen LogP contribution in [0.4, 0.5) is 5.69 Å². The van der Waals surface area contributed by atoms with Crippen molar-refractivity contribution in [1.29, 1.82) is 0 Å². The molecule has 1 atom stereocenters. The van der Waals surface area contributed by atoms with Gasteiger partial charge >= 0.3 is 0 Å². The van der Waals surface area contributed by atoms with Crippen LogP contribution in [0.1, 0.15) is 50.2 Å². The first kappa shape index (κ1) is 29.9.